The molecule has 26 heavy (non-hydrogen) atoms. The molecule has 0 saturated carbocycles. The molecule has 0 N–H and O–H groups in total. The highest BCUT2D eigenvalue weighted by Gasteiger charge is 2.09. The third-order valence-electron chi connectivity index (χ3n) is 3.64. The summed E-state index contributed by atoms with van der Waals surface area (Å²) in [6, 6.07) is 12.1. The Morgan fingerprint density at radius 3 is 2.65 bits per heavy atom. The minimum absolute atomic E-state index is 0.585. The lowest BCUT2D eigenvalue weighted by molar-refractivity contribution is 0.830. The van der Waals surface area contributed by atoms with Gasteiger partial charge >= 0.3 is 0 Å². The zero-order valence-corrected chi connectivity index (χ0v) is 17.1. The fourth-order valence-corrected chi connectivity index (χ4v) is 3.41. The molecule has 132 valence electrons. The molecule has 1 aromatic carbocycles. The summed E-state index contributed by atoms with van der Waals surface area (Å²) in [7, 11) is 0. The summed E-state index contributed by atoms with van der Waals surface area (Å²) in [5.74, 6) is 0. The number of pyridine rings is 1. The third-order valence-corrected chi connectivity index (χ3v) is 5.02. The van der Waals surface area contributed by atoms with Crippen LogP contribution in [0.1, 0.15) is 19.4 Å². The van der Waals surface area contributed by atoms with E-state index in [1.807, 2.05) is 49.0 Å². The van der Waals surface area contributed by atoms with Gasteiger partial charge in [0.15, 0.2) is 0 Å². The summed E-state index contributed by atoms with van der Waals surface area (Å²) in [6.07, 6.45) is 3.57. The first-order valence-electron chi connectivity index (χ1n) is 8.12. The van der Waals surface area contributed by atoms with Crippen molar-refractivity contribution in [2.75, 3.05) is 6.54 Å². The first-order valence-corrected chi connectivity index (χ1v) is 9.79. The Bertz CT molecular complexity index is 998. The topological polar surface area (TPSA) is 42.5 Å². The van der Waals surface area contributed by atoms with E-state index in [9.17, 15) is 0 Å². The van der Waals surface area contributed by atoms with Gasteiger partial charge in [-0.25, -0.2) is 4.68 Å². The van der Waals surface area contributed by atoms with Crippen LogP contribution in [-0.4, -0.2) is 21.9 Å². The van der Waals surface area contributed by atoms with E-state index < -0.39 is 0 Å². The van der Waals surface area contributed by atoms with Crippen LogP contribution in [0.2, 0.25) is 0 Å². The number of hydrogen-bond donors (Lipinski definition) is 0. The molecule has 0 fully saturated rings. The van der Waals surface area contributed by atoms with Crippen LogP contribution >= 0.6 is 27.3 Å². The lowest BCUT2D eigenvalue weighted by atomic mass is 10.2. The molecule has 0 aliphatic carbocycles. The van der Waals surface area contributed by atoms with E-state index in [0.29, 0.717) is 6.54 Å². The van der Waals surface area contributed by atoms with Crippen molar-refractivity contribution in [2.24, 2.45) is 10.1 Å². The molecule has 0 amide bonds. The minimum atomic E-state index is 0.585. The van der Waals surface area contributed by atoms with Crippen LogP contribution in [0, 0.1) is 0 Å². The number of benzene rings is 1. The van der Waals surface area contributed by atoms with Gasteiger partial charge in [-0.3, -0.25) is 9.98 Å². The van der Waals surface area contributed by atoms with Crippen molar-refractivity contribution in [1.82, 2.24) is 9.66 Å². The molecule has 0 spiro atoms. The van der Waals surface area contributed by atoms with E-state index >= 15 is 0 Å². The predicted octanol–water partition coefficient (Wildman–Crippen LogP) is 5.12. The van der Waals surface area contributed by atoms with Gasteiger partial charge in [-0.2, -0.15) is 5.10 Å². The average molecular weight is 427 g/mol. The second kappa shape index (κ2) is 8.38. The van der Waals surface area contributed by atoms with Crippen LogP contribution < -0.4 is 4.80 Å². The van der Waals surface area contributed by atoms with Crippen molar-refractivity contribution in [3.05, 3.63) is 81.2 Å². The molecular weight excluding hydrogens is 408 g/mol. The number of halogens is 1. The molecular formula is C20H19BrN4S. The maximum absolute atomic E-state index is 4.83. The van der Waals surface area contributed by atoms with Crippen molar-refractivity contribution < 1.29 is 0 Å². The number of thiazole rings is 1. The quantitative estimate of drug-likeness (QED) is 0.412. The lowest BCUT2D eigenvalue weighted by Crippen LogP contribution is -2.15. The van der Waals surface area contributed by atoms with Gasteiger partial charge in [-0.05, 0) is 32.0 Å². The summed E-state index contributed by atoms with van der Waals surface area (Å²) in [5.41, 5.74) is 4.98. The van der Waals surface area contributed by atoms with Crippen LogP contribution in [0.5, 0.6) is 0 Å². The normalized spacial score (nSPS) is 12.4. The smallest absolute Gasteiger partial charge is 0.206 e. The Kier molecular flexibility index (Phi) is 5.96. The van der Waals surface area contributed by atoms with Gasteiger partial charge in [-0.15, -0.1) is 11.3 Å². The largest absolute Gasteiger partial charge is 0.264 e. The predicted molar refractivity (Wildman–Crippen MR) is 113 cm³/mol. The van der Waals surface area contributed by atoms with Crippen molar-refractivity contribution >= 4 is 33.0 Å². The Labute approximate surface area is 165 Å². The van der Waals surface area contributed by atoms with E-state index in [2.05, 4.69) is 50.0 Å². The van der Waals surface area contributed by atoms with Gasteiger partial charge in [0.05, 0.1) is 18.0 Å². The van der Waals surface area contributed by atoms with Crippen LogP contribution in [0.15, 0.2) is 80.9 Å². The number of nitrogens with zero attached hydrogens (tertiary/aromatic N) is 4. The Balaban J connectivity index is 2.13. The highest BCUT2D eigenvalue weighted by Crippen LogP contribution is 2.22. The second-order valence-corrected chi connectivity index (χ2v) is 7.67. The zero-order valence-electron chi connectivity index (χ0n) is 14.7. The first kappa shape index (κ1) is 18.5. The van der Waals surface area contributed by atoms with Gasteiger partial charge in [-0.1, -0.05) is 46.3 Å². The first-order chi connectivity index (χ1) is 12.5. The maximum atomic E-state index is 4.83. The van der Waals surface area contributed by atoms with Gasteiger partial charge < -0.3 is 0 Å². The maximum Gasteiger partial charge on any atom is 0.206 e. The molecule has 0 radical (unpaired) electrons. The van der Waals surface area contributed by atoms with Gasteiger partial charge in [0, 0.05) is 33.4 Å². The second-order valence-electron chi connectivity index (χ2n) is 5.92. The molecule has 2 aromatic heterocycles. The van der Waals surface area contributed by atoms with Crippen LogP contribution in [0.4, 0.5) is 0 Å². The monoisotopic (exact) mass is 426 g/mol. The summed E-state index contributed by atoms with van der Waals surface area (Å²) >= 11 is 5.06. The fraction of sp³-hybridized carbons (Fsp3) is 0.150. The Morgan fingerprint density at radius 1 is 1.23 bits per heavy atom. The Hall–Kier alpha value is -2.31. The highest BCUT2D eigenvalue weighted by atomic mass is 79.9. The fourth-order valence-electron chi connectivity index (χ4n) is 2.31. The summed E-state index contributed by atoms with van der Waals surface area (Å²) in [4.78, 5) is 9.69. The van der Waals surface area contributed by atoms with Crippen molar-refractivity contribution in [3.63, 3.8) is 0 Å². The molecule has 3 rings (SSSR count). The molecule has 0 bridgehead atoms. The van der Waals surface area contributed by atoms with E-state index in [-0.39, 0.29) is 0 Å². The summed E-state index contributed by atoms with van der Waals surface area (Å²) < 4.78 is 2.95. The van der Waals surface area contributed by atoms with Gasteiger partial charge in [0.1, 0.15) is 0 Å². The molecule has 0 unspecified atom stereocenters. The number of rotatable bonds is 5. The zero-order chi connectivity index (χ0) is 18.5. The van der Waals surface area contributed by atoms with Gasteiger partial charge in [0.25, 0.3) is 0 Å². The van der Waals surface area contributed by atoms with Crippen LogP contribution in [-0.2, 0) is 0 Å². The molecule has 0 saturated heterocycles. The molecule has 0 atom stereocenters. The van der Waals surface area contributed by atoms with E-state index in [0.717, 1.165) is 37.4 Å². The molecule has 2 heterocycles. The van der Waals surface area contributed by atoms with E-state index in [1.165, 1.54) is 0 Å². The van der Waals surface area contributed by atoms with Crippen molar-refractivity contribution in [1.29, 1.82) is 0 Å². The SMILES string of the molecule is C=C(C)CN=c1scc(-c2ccc(Br)cc2)n1N=C(C)c1cccnc1. The molecule has 6 heteroatoms. The van der Waals surface area contributed by atoms with E-state index in [1.54, 1.807) is 17.5 Å². The highest BCUT2D eigenvalue weighted by molar-refractivity contribution is 9.10. The summed E-state index contributed by atoms with van der Waals surface area (Å²) in [6.45, 7) is 8.48. The molecule has 0 aliphatic heterocycles. The van der Waals surface area contributed by atoms with Crippen LogP contribution in [0.25, 0.3) is 11.3 Å². The summed E-state index contributed by atoms with van der Waals surface area (Å²) in [5, 5.41) is 6.92. The average Bonchev–Trinajstić information content (AvgIpc) is 3.04. The van der Waals surface area contributed by atoms with Gasteiger partial charge in [0.2, 0.25) is 4.80 Å². The lowest BCUT2D eigenvalue weighted by Gasteiger charge is -2.06. The van der Waals surface area contributed by atoms with Crippen LogP contribution in [0.3, 0.4) is 0 Å². The Morgan fingerprint density at radius 2 is 2.00 bits per heavy atom. The molecule has 3 aromatic rings. The number of aromatic nitrogens is 2. The molecule has 4 nitrogen and oxygen atoms in total. The van der Waals surface area contributed by atoms with Crippen molar-refractivity contribution in [3.8, 4) is 11.3 Å². The third kappa shape index (κ3) is 4.45. The number of hydrogen-bond acceptors (Lipinski definition) is 4. The minimum Gasteiger partial charge on any atom is -0.264 e. The standard InChI is InChI=1S/C20H19BrN4S/c1-14(2)11-23-20-25(24-15(3)17-5-4-10-22-12-17)19(13-26-20)16-6-8-18(21)9-7-16/h4-10,12-13H,1,11H2,2-3H3. The van der Waals surface area contributed by atoms with E-state index in [4.69, 9.17) is 5.10 Å². The molecule has 0 aliphatic rings. The van der Waals surface area contributed by atoms with Crippen molar-refractivity contribution in [2.45, 2.75) is 13.8 Å².